The summed E-state index contributed by atoms with van der Waals surface area (Å²) in [6.45, 7) is 7.90. The van der Waals surface area contributed by atoms with Crippen LogP contribution < -0.4 is 5.32 Å². The first-order valence-corrected chi connectivity index (χ1v) is 6.66. The SMILES string of the molecule is Cc1nc(CC(=O)Nc2c(C)cccc2C(C)C)no1. The number of hydrogen-bond donors (Lipinski definition) is 1. The smallest absolute Gasteiger partial charge is 0.232 e. The Labute approximate surface area is 118 Å². The maximum absolute atomic E-state index is 12.1. The number of aromatic nitrogens is 2. The van der Waals surface area contributed by atoms with Gasteiger partial charge in [-0.1, -0.05) is 37.2 Å². The maximum Gasteiger partial charge on any atom is 0.232 e. The number of rotatable bonds is 4. The number of carbonyl (C=O) groups is 1. The van der Waals surface area contributed by atoms with Gasteiger partial charge in [0.1, 0.15) is 0 Å². The van der Waals surface area contributed by atoms with Gasteiger partial charge in [0.2, 0.25) is 11.8 Å². The number of benzene rings is 1. The van der Waals surface area contributed by atoms with Crippen LogP contribution in [0.25, 0.3) is 0 Å². The Morgan fingerprint density at radius 2 is 2.10 bits per heavy atom. The van der Waals surface area contributed by atoms with Gasteiger partial charge in [0.05, 0.1) is 6.42 Å². The second-order valence-corrected chi connectivity index (χ2v) is 5.15. The lowest BCUT2D eigenvalue weighted by Gasteiger charge is -2.16. The van der Waals surface area contributed by atoms with Crippen molar-refractivity contribution in [2.75, 3.05) is 5.32 Å². The summed E-state index contributed by atoms with van der Waals surface area (Å²) in [5.74, 6) is 1.07. The third-order valence-electron chi connectivity index (χ3n) is 3.08. The van der Waals surface area contributed by atoms with E-state index in [1.54, 1.807) is 6.92 Å². The number of aryl methyl sites for hydroxylation is 2. The first-order chi connectivity index (χ1) is 9.47. The van der Waals surface area contributed by atoms with E-state index in [4.69, 9.17) is 4.52 Å². The van der Waals surface area contributed by atoms with Crippen LogP contribution in [0.3, 0.4) is 0 Å². The second-order valence-electron chi connectivity index (χ2n) is 5.15. The number of para-hydroxylation sites is 1. The van der Waals surface area contributed by atoms with E-state index >= 15 is 0 Å². The summed E-state index contributed by atoms with van der Waals surface area (Å²) in [4.78, 5) is 16.1. The fourth-order valence-electron chi connectivity index (χ4n) is 2.08. The lowest BCUT2D eigenvalue weighted by molar-refractivity contribution is -0.115. The Balaban J connectivity index is 2.15. The Morgan fingerprint density at radius 1 is 1.35 bits per heavy atom. The highest BCUT2D eigenvalue weighted by Crippen LogP contribution is 2.27. The van der Waals surface area contributed by atoms with Crippen molar-refractivity contribution in [1.82, 2.24) is 10.1 Å². The molecule has 1 amide bonds. The van der Waals surface area contributed by atoms with Crippen molar-refractivity contribution in [3.63, 3.8) is 0 Å². The number of carbonyl (C=O) groups excluding carboxylic acids is 1. The number of nitrogens with zero attached hydrogens (tertiary/aromatic N) is 2. The van der Waals surface area contributed by atoms with Gasteiger partial charge in [-0.25, -0.2) is 0 Å². The predicted octanol–water partition coefficient (Wildman–Crippen LogP) is 2.99. The zero-order chi connectivity index (χ0) is 14.7. The van der Waals surface area contributed by atoms with E-state index in [1.165, 1.54) is 0 Å². The highest BCUT2D eigenvalue weighted by molar-refractivity contribution is 5.93. The van der Waals surface area contributed by atoms with Crippen LogP contribution in [0.4, 0.5) is 5.69 Å². The number of anilines is 1. The van der Waals surface area contributed by atoms with Crippen LogP contribution in [0.15, 0.2) is 22.7 Å². The van der Waals surface area contributed by atoms with E-state index < -0.39 is 0 Å². The van der Waals surface area contributed by atoms with E-state index in [-0.39, 0.29) is 12.3 Å². The van der Waals surface area contributed by atoms with Crippen LogP contribution in [0, 0.1) is 13.8 Å². The van der Waals surface area contributed by atoms with Gasteiger partial charge in [0.25, 0.3) is 0 Å². The molecule has 5 heteroatoms. The molecule has 0 unspecified atom stereocenters. The monoisotopic (exact) mass is 273 g/mol. The molecule has 0 atom stereocenters. The molecule has 0 fully saturated rings. The molecule has 1 heterocycles. The molecule has 1 aromatic carbocycles. The van der Waals surface area contributed by atoms with E-state index in [2.05, 4.69) is 29.3 Å². The molecule has 0 saturated heterocycles. The molecule has 2 aromatic rings. The van der Waals surface area contributed by atoms with Gasteiger partial charge >= 0.3 is 0 Å². The number of amides is 1. The molecule has 106 valence electrons. The minimum atomic E-state index is -0.137. The van der Waals surface area contributed by atoms with Crippen molar-refractivity contribution in [3.05, 3.63) is 41.0 Å². The van der Waals surface area contributed by atoms with Gasteiger partial charge in [-0.15, -0.1) is 0 Å². The molecule has 1 N–H and O–H groups in total. The quantitative estimate of drug-likeness (QED) is 0.929. The minimum Gasteiger partial charge on any atom is -0.340 e. The Bertz CT molecular complexity index is 617. The van der Waals surface area contributed by atoms with Crippen LogP contribution in [0.2, 0.25) is 0 Å². The molecule has 0 radical (unpaired) electrons. The lowest BCUT2D eigenvalue weighted by atomic mass is 9.98. The van der Waals surface area contributed by atoms with Crippen LogP contribution in [0.1, 0.15) is 42.6 Å². The topological polar surface area (TPSA) is 68.0 Å². The molecule has 2 rings (SSSR count). The molecule has 0 aliphatic heterocycles. The average molecular weight is 273 g/mol. The maximum atomic E-state index is 12.1. The molecule has 0 bridgehead atoms. The third-order valence-corrected chi connectivity index (χ3v) is 3.08. The van der Waals surface area contributed by atoms with Gasteiger partial charge in [-0.05, 0) is 24.0 Å². The zero-order valence-corrected chi connectivity index (χ0v) is 12.2. The van der Waals surface area contributed by atoms with Crippen molar-refractivity contribution in [2.24, 2.45) is 0 Å². The first-order valence-electron chi connectivity index (χ1n) is 6.66. The van der Waals surface area contributed by atoms with Crippen molar-refractivity contribution in [2.45, 2.75) is 40.0 Å². The standard InChI is InChI=1S/C15H19N3O2/c1-9(2)12-7-5-6-10(3)15(12)17-14(19)8-13-16-11(4)20-18-13/h5-7,9H,8H2,1-4H3,(H,17,19). The van der Waals surface area contributed by atoms with Gasteiger partial charge in [-0.3, -0.25) is 4.79 Å². The van der Waals surface area contributed by atoms with Crippen LogP contribution in [-0.4, -0.2) is 16.0 Å². The summed E-state index contributed by atoms with van der Waals surface area (Å²) in [5.41, 5.74) is 3.06. The highest BCUT2D eigenvalue weighted by Gasteiger charge is 2.14. The number of nitrogens with one attached hydrogen (secondary N) is 1. The summed E-state index contributed by atoms with van der Waals surface area (Å²) in [7, 11) is 0. The summed E-state index contributed by atoms with van der Waals surface area (Å²) in [5, 5.41) is 6.69. The summed E-state index contributed by atoms with van der Waals surface area (Å²) >= 11 is 0. The lowest BCUT2D eigenvalue weighted by Crippen LogP contribution is -2.17. The van der Waals surface area contributed by atoms with E-state index in [9.17, 15) is 4.79 Å². The molecule has 0 aliphatic carbocycles. The van der Waals surface area contributed by atoms with E-state index in [0.29, 0.717) is 17.6 Å². The Kier molecular flexibility index (Phi) is 4.17. The molecule has 20 heavy (non-hydrogen) atoms. The number of hydrogen-bond acceptors (Lipinski definition) is 4. The molecule has 5 nitrogen and oxygen atoms in total. The van der Waals surface area contributed by atoms with Crippen LogP contribution in [0.5, 0.6) is 0 Å². The van der Waals surface area contributed by atoms with Crippen molar-refractivity contribution in [3.8, 4) is 0 Å². The fraction of sp³-hybridized carbons (Fsp3) is 0.400. The highest BCUT2D eigenvalue weighted by atomic mass is 16.5. The third kappa shape index (κ3) is 3.23. The summed E-state index contributed by atoms with van der Waals surface area (Å²) < 4.78 is 4.86. The molecule has 1 aromatic heterocycles. The fourth-order valence-corrected chi connectivity index (χ4v) is 2.08. The Hall–Kier alpha value is -2.17. The summed E-state index contributed by atoms with van der Waals surface area (Å²) in [6, 6.07) is 6.02. The van der Waals surface area contributed by atoms with E-state index in [1.807, 2.05) is 25.1 Å². The normalized spacial score (nSPS) is 10.8. The molecule has 0 aliphatic rings. The Morgan fingerprint density at radius 3 is 2.70 bits per heavy atom. The van der Waals surface area contributed by atoms with Crippen molar-refractivity contribution >= 4 is 11.6 Å². The van der Waals surface area contributed by atoms with Crippen molar-refractivity contribution < 1.29 is 9.32 Å². The molecular formula is C15H19N3O2. The molecule has 0 spiro atoms. The van der Waals surface area contributed by atoms with Gasteiger partial charge in [-0.2, -0.15) is 4.98 Å². The van der Waals surface area contributed by atoms with Crippen molar-refractivity contribution in [1.29, 1.82) is 0 Å². The van der Waals surface area contributed by atoms with Crippen LogP contribution >= 0.6 is 0 Å². The van der Waals surface area contributed by atoms with Gasteiger partial charge < -0.3 is 9.84 Å². The van der Waals surface area contributed by atoms with Gasteiger partial charge in [0.15, 0.2) is 5.82 Å². The zero-order valence-electron chi connectivity index (χ0n) is 12.2. The van der Waals surface area contributed by atoms with E-state index in [0.717, 1.165) is 16.8 Å². The minimum absolute atomic E-state index is 0.114. The molecule has 0 saturated carbocycles. The average Bonchev–Trinajstić information content (AvgIpc) is 2.77. The molecular weight excluding hydrogens is 254 g/mol. The second kappa shape index (κ2) is 5.86. The first kappa shape index (κ1) is 14.2. The van der Waals surface area contributed by atoms with Crippen LogP contribution in [-0.2, 0) is 11.2 Å². The predicted molar refractivity (Wildman–Crippen MR) is 76.6 cm³/mol. The van der Waals surface area contributed by atoms with Gasteiger partial charge in [0, 0.05) is 12.6 Å². The summed E-state index contributed by atoms with van der Waals surface area (Å²) in [6.07, 6.45) is 0.114. The largest absolute Gasteiger partial charge is 0.340 e.